The Labute approximate surface area is 181 Å². The number of carboxylic acid groups (broad SMARTS) is 1. The lowest BCUT2D eigenvalue weighted by Gasteiger charge is -2.31. The van der Waals surface area contributed by atoms with E-state index in [9.17, 15) is 18.3 Å². The molecule has 7 nitrogen and oxygen atoms in total. The maximum atomic E-state index is 12.3. The van der Waals surface area contributed by atoms with Crippen molar-refractivity contribution in [3.8, 4) is 0 Å². The molecule has 0 unspecified atom stereocenters. The molecule has 0 aliphatic heterocycles. The largest absolute Gasteiger partial charge is 0.478 e. The zero-order valence-corrected chi connectivity index (χ0v) is 19.5. The maximum Gasteiger partial charge on any atom is 0.335 e. The van der Waals surface area contributed by atoms with Crippen LogP contribution in [0.4, 0.5) is 5.69 Å². The fourth-order valence-corrected chi connectivity index (χ4v) is 4.73. The molecular formula is C22H37N3O4S. The number of carboxylic acids is 1. The average molecular weight is 440 g/mol. The lowest BCUT2D eigenvalue weighted by Crippen LogP contribution is -2.46. The smallest absolute Gasteiger partial charge is 0.335 e. The van der Waals surface area contributed by atoms with Gasteiger partial charge in [0.2, 0.25) is 10.0 Å². The molecule has 1 aromatic rings. The summed E-state index contributed by atoms with van der Waals surface area (Å²) in [4.78, 5) is 13.3. The Balaban J connectivity index is 1.72. The highest BCUT2D eigenvalue weighted by molar-refractivity contribution is 7.90. The summed E-state index contributed by atoms with van der Waals surface area (Å²) in [6.45, 7) is 10.6. The summed E-state index contributed by atoms with van der Waals surface area (Å²) in [5.41, 5.74) is 1.23. The van der Waals surface area contributed by atoms with Crippen LogP contribution in [-0.4, -0.2) is 56.5 Å². The monoisotopic (exact) mass is 439 g/mol. The van der Waals surface area contributed by atoms with Gasteiger partial charge in [-0.15, -0.1) is 0 Å². The lowest BCUT2D eigenvalue weighted by atomic mass is 9.86. The molecule has 0 saturated heterocycles. The number of rotatable bonds is 10. The SMILES string of the molecule is CCN(CCNCC1CCC(NS(=O)(=O)C(C)(C)C)CC1)c1cccc(C(=O)O)c1. The van der Waals surface area contributed by atoms with Gasteiger partial charge in [0.25, 0.3) is 0 Å². The van der Waals surface area contributed by atoms with E-state index in [0.29, 0.717) is 11.5 Å². The molecule has 0 bridgehead atoms. The second-order valence-electron chi connectivity index (χ2n) is 9.09. The molecule has 1 fully saturated rings. The van der Waals surface area contributed by atoms with Gasteiger partial charge >= 0.3 is 5.97 Å². The number of carbonyl (C=O) groups is 1. The van der Waals surface area contributed by atoms with Gasteiger partial charge in [-0.05, 0) is 84.0 Å². The van der Waals surface area contributed by atoms with Gasteiger partial charge in [0.15, 0.2) is 0 Å². The minimum atomic E-state index is -3.29. The molecule has 0 aromatic heterocycles. The first kappa shape index (κ1) is 24.6. The number of sulfonamides is 1. The molecule has 0 radical (unpaired) electrons. The number of aromatic carboxylic acids is 1. The van der Waals surface area contributed by atoms with E-state index in [2.05, 4.69) is 21.9 Å². The molecule has 170 valence electrons. The quantitative estimate of drug-likeness (QED) is 0.485. The highest BCUT2D eigenvalue weighted by Gasteiger charge is 2.32. The van der Waals surface area contributed by atoms with E-state index in [1.54, 1.807) is 39.0 Å². The molecule has 8 heteroatoms. The van der Waals surface area contributed by atoms with Crippen LogP contribution in [-0.2, 0) is 10.0 Å². The highest BCUT2D eigenvalue weighted by Crippen LogP contribution is 2.26. The van der Waals surface area contributed by atoms with Gasteiger partial charge in [0.05, 0.1) is 10.3 Å². The first-order valence-electron chi connectivity index (χ1n) is 10.8. The summed E-state index contributed by atoms with van der Waals surface area (Å²) in [5.74, 6) is -0.350. The van der Waals surface area contributed by atoms with E-state index in [4.69, 9.17) is 0 Å². The first-order chi connectivity index (χ1) is 14.0. The Morgan fingerprint density at radius 3 is 2.43 bits per heavy atom. The van der Waals surface area contributed by atoms with Crippen LogP contribution in [0.1, 0.15) is 63.7 Å². The van der Waals surface area contributed by atoms with Crippen LogP contribution in [0.2, 0.25) is 0 Å². The zero-order valence-electron chi connectivity index (χ0n) is 18.6. The number of likely N-dealkylation sites (N-methyl/N-ethyl adjacent to an activating group) is 1. The van der Waals surface area contributed by atoms with Gasteiger partial charge in [-0.25, -0.2) is 17.9 Å². The molecule has 1 aliphatic carbocycles. The minimum Gasteiger partial charge on any atom is -0.478 e. The summed E-state index contributed by atoms with van der Waals surface area (Å²) in [5, 5.41) is 12.7. The fraction of sp³-hybridized carbons (Fsp3) is 0.682. The second kappa shape index (κ2) is 10.6. The number of nitrogens with zero attached hydrogens (tertiary/aromatic N) is 1. The van der Waals surface area contributed by atoms with Gasteiger partial charge in [0, 0.05) is 31.4 Å². The third-order valence-corrected chi connectivity index (χ3v) is 8.06. The molecule has 0 amide bonds. The number of benzene rings is 1. The van der Waals surface area contributed by atoms with Crippen LogP contribution in [0.15, 0.2) is 24.3 Å². The van der Waals surface area contributed by atoms with Crippen LogP contribution < -0.4 is 14.9 Å². The third kappa shape index (κ3) is 6.96. The summed E-state index contributed by atoms with van der Waals surface area (Å²) >= 11 is 0. The van der Waals surface area contributed by atoms with E-state index in [0.717, 1.165) is 57.5 Å². The van der Waals surface area contributed by atoms with Crippen LogP contribution >= 0.6 is 0 Å². The van der Waals surface area contributed by atoms with E-state index in [1.165, 1.54) is 0 Å². The molecule has 0 heterocycles. The summed E-state index contributed by atoms with van der Waals surface area (Å²) in [6.07, 6.45) is 3.79. The van der Waals surface area contributed by atoms with Crippen LogP contribution in [0.3, 0.4) is 0 Å². The normalized spacial score (nSPS) is 20.1. The minimum absolute atomic E-state index is 0.0440. The van der Waals surface area contributed by atoms with Crippen molar-refractivity contribution in [3.05, 3.63) is 29.8 Å². The van der Waals surface area contributed by atoms with Crippen molar-refractivity contribution in [3.63, 3.8) is 0 Å². The highest BCUT2D eigenvalue weighted by atomic mass is 32.2. The topological polar surface area (TPSA) is 98.7 Å². The maximum absolute atomic E-state index is 12.3. The number of hydrogen-bond donors (Lipinski definition) is 3. The van der Waals surface area contributed by atoms with Crippen molar-refractivity contribution in [2.45, 2.75) is 64.2 Å². The van der Waals surface area contributed by atoms with Gasteiger partial charge in [-0.1, -0.05) is 6.07 Å². The van der Waals surface area contributed by atoms with Gasteiger partial charge in [-0.2, -0.15) is 0 Å². The average Bonchev–Trinajstić information content (AvgIpc) is 2.68. The van der Waals surface area contributed by atoms with E-state index >= 15 is 0 Å². The van der Waals surface area contributed by atoms with Crippen molar-refractivity contribution >= 4 is 21.7 Å². The molecule has 0 spiro atoms. The number of nitrogens with one attached hydrogen (secondary N) is 2. The standard InChI is InChI=1S/C22H37N3O4S/c1-5-25(20-8-6-7-18(15-20)21(26)27)14-13-23-16-17-9-11-19(12-10-17)24-30(28,29)22(2,3)4/h6-8,15,17,19,23-24H,5,9-14,16H2,1-4H3,(H,26,27). The molecule has 1 saturated carbocycles. The summed E-state index contributed by atoms with van der Waals surface area (Å²) in [7, 11) is -3.29. The Bertz CT molecular complexity index is 797. The molecule has 1 aliphatic rings. The first-order valence-corrected chi connectivity index (χ1v) is 12.3. The molecular weight excluding hydrogens is 402 g/mol. The van der Waals surface area contributed by atoms with Crippen molar-refractivity contribution < 1.29 is 18.3 Å². The number of anilines is 1. The Morgan fingerprint density at radius 1 is 1.20 bits per heavy atom. The van der Waals surface area contributed by atoms with E-state index < -0.39 is 20.7 Å². The molecule has 2 rings (SSSR count). The summed E-state index contributed by atoms with van der Waals surface area (Å²) < 4.78 is 26.7. The predicted octanol–water partition coefficient (Wildman–Crippen LogP) is 3.08. The van der Waals surface area contributed by atoms with E-state index in [1.807, 2.05) is 6.07 Å². The van der Waals surface area contributed by atoms with E-state index in [-0.39, 0.29) is 6.04 Å². The van der Waals surface area contributed by atoms with Gasteiger partial charge < -0.3 is 15.3 Å². The van der Waals surface area contributed by atoms with Crippen LogP contribution in [0, 0.1) is 5.92 Å². The Hall–Kier alpha value is -1.64. The molecule has 1 aromatic carbocycles. The predicted molar refractivity (Wildman–Crippen MR) is 122 cm³/mol. The van der Waals surface area contributed by atoms with Crippen molar-refractivity contribution in [1.29, 1.82) is 0 Å². The lowest BCUT2D eigenvalue weighted by molar-refractivity contribution is 0.0697. The molecule has 3 N–H and O–H groups in total. The fourth-order valence-electron chi connectivity index (χ4n) is 3.71. The molecule has 0 atom stereocenters. The number of hydrogen-bond acceptors (Lipinski definition) is 5. The van der Waals surface area contributed by atoms with Gasteiger partial charge in [0.1, 0.15) is 0 Å². The van der Waals surface area contributed by atoms with Crippen LogP contribution in [0.5, 0.6) is 0 Å². The second-order valence-corrected chi connectivity index (χ2v) is 11.6. The Kier molecular flexibility index (Phi) is 8.70. The molecule has 30 heavy (non-hydrogen) atoms. The third-order valence-electron chi connectivity index (χ3n) is 5.81. The van der Waals surface area contributed by atoms with Gasteiger partial charge in [-0.3, -0.25) is 0 Å². The van der Waals surface area contributed by atoms with Crippen molar-refractivity contribution in [2.24, 2.45) is 5.92 Å². The van der Waals surface area contributed by atoms with Crippen molar-refractivity contribution in [2.75, 3.05) is 31.1 Å². The Morgan fingerprint density at radius 2 is 1.87 bits per heavy atom. The summed E-state index contributed by atoms with van der Waals surface area (Å²) in [6, 6.07) is 7.08. The van der Waals surface area contributed by atoms with Crippen molar-refractivity contribution in [1.82, 2.24) is 10.0 Å². The zero-order chi connectivity index (χ0) is 22.4. The van der Waals surface area contributed by atoms with Crippen LogP contribution in [0.25, 0.3) is 0 Å².